The van der Waals surface area contributed by atoms with Gasteiger partial charge < -0.3 is 9.88 Å². The summed E-state index contributed by atoms with van der Waals surface area (Å²) in [4.78, 5) is 4.26. The molecule has 2 heterocycles. The fourth-order valence-electron chi connectivity index (χ4n) is 2.44. The number of benzene rings is 1. The molecule has 0 spiro atoms. The van der Waals surface area contributed by atoms with Crippen LogP contribution in [0.5, 0.6) is 0 Å². The molecule has 0 saturated heterocycles. The highest BCUT2D eigenvalue weighted by Gasteiger charge is 2.11. The van der Waals surface area contributed by atoms with Crippen LogP contribution in [-0.4, -0.2) is 16.1 Å². The number of hydrogen-bond acceptors (Lipinski definition) is 2. The third kappa shape index (κ3) is 1.82. The third-order valence-corrected chi connectivity index (χ3v) is 3.30. The Hall–Kier alpha value is -1.77. The molecule has 1 aromatic carbocycles. The predicted molar refractivity (Wildman–Crippen MR) is 69.8 cm³/mol. The van der Waals surface area contributed by atoms with E-state index >= 15 is 0 Å². The van der Waals surface area contributed by atoms with Crippen LogP contribution in [0.25, 0.3) is 5.69 Å². The van der Waals surface area contributed by atoms with Crippen molar-refractivity contribution in [1.82, 2.24) is 9.55 Å². The van der Waals surface area contributed by atoms with Crippen LogP contribution in [0.3, 0.4) is 0 Å². The molecule has 0 atom stereocenters. The van der Waals surface area contributed by atoms with Gasteiger partial charge in [0, 0.05) is 29.8 Å². The summed E-state index contributed by atoms with van der Waals surface area (Å²) in [6, 6.07) is 6.61. The average molecular weight is 227 g/mol. The SMILES string of the molecule is CCCc1cncn1-c1ccc2c(c1)CCN2. The maximum Gasteiger partial charge on any atom is 0.0994 e. The lowest BCUT2D eigenvalue weighted by atomic mass is 10.1. The van der Waals surface area contributed by atoms with Crippen molar-refractivity contribution in [3.63, 3.8) is 0 Å². The molecule has 0 amide bonds. The molecule has 0 fully saturated rings. The molecule has 3 rings (SSSR count). The Bertz CT molecular complexity index is 528. The first-order valence-electron chi connectivity index (χ1n) is 6.27. The maximum absolute atomic E-state index is 4.26. The molecule has 17 heavy (non-hydrogen) atoms. The third-order valence-electron chi connectivity index (χ3n) is 3.30. The largest absolute Gasteiger partial charge is 0.384 e. The van der Waals surface area contributed by atoms with Gasteiger partial charge in [0.05, 0.1) is 6.33 Å². The second-order valence-electron chi connectivity index (χ2n) is 4.52. The molecule has 0 unspecified atom stereocenters. The Labute approximate surface area is 101 Å². The minimum absolute atomic E-state index is 1.06. The van der Waals surface area contributed by atoms with Gasteiger partial charge in [-0.15, -0.1) is 0 Å². The molecule has 0 saturated carbocycles. The molecule has 0 bridgehead atoms. The van der Waals surface area contributed by atoms with Crippen LogP contribution in [0, 0.1) is 0 Å². The molecule has 0 radical (unpaired) electrons. The zero-order chi connectivity index (χ0) is 11.7. The first-order valence-corrected chi connectivity index (χ1v) is 6.27. The second kappa shape index (κ2) is 4.24. The first-order chi connectivity index (χ1) is 8.38. The monoisotopic (exact) mass is 227 g/mol. The lowest BCUT2D eigenvalue weighted by Crippen LogP contribution is -1.99. The van der Waals surface area contributed by atoms with Gasteiger partial charge in [-0.2, -0.15) is 0 Å². The highest BCUT2D eigenvalue weighted by molar-refractivity contribution is 5.59. The summed E-state index contributed by atoms with van der Waals surface area (Å²) in [7, 11) is 0. The van der Waals surface area contributed by atoms with E-state index < -0.39 is 0 Å². The van der Waals surface area contributed by atoms with E-state index in [0.717, 1.165) is 25.8 Å². The van der Waals surface area contributed by atoms with Gasteiger partial charge in [0.1, 0.15) is 0 Å². The van der Waals surface area contributed by atoms with E-state index in [0.29, 0.717) is 0 Å². The summed E-state index contributed by atoms with van der Waals surface area (Å²) in [5, 5.41) is 3.39. The van der Waals surface area contributed by atoms with Gasteiger partial charge >= 0.3 is 0 Å². The van der Waals surface area contributed by atoms with Gasteiger partial charge in [0.15, 0.2) is 0 Å². The molecule has 3 nitrogen and oxygen atoms in total. The van der Waals surface area contributed by atoms with E-state index in [-0.39, 0.29) is 0 Å². The summed E-state index contributed by atoms with van der Waals surface area (Å²) >= 11 is 0. The van der Waals surface area contributed by atoms with Crippen LogP contribution in [-0.2, 0) is 12.8 Å². The van der Waals surface area contributed by atoms with E-state index in [2.05, 4.69) is 40.0 Å². The van der Waals surface area contributed by atoms with Crippen molar-refractivity contribution in [3.05, 3.63) is 42.0 Å². The Morgan fingerprint density at radius 2 is 2.35 bits per heavy atom. The molecule has 2 aromatic rings. The molecule has 1 aliphatic heterocycles. The molecular weight excluding hydrogens is 210 g/mol. The Balaban J connectivity index is 2.00. The van der Waals surface area contributed by atoms with Crippen molar-refractivity contribution >= 4 is 5.69 Å². The van der Waals surface area contributed by atoms with Crippen LogP contribution in [0.15, 0.2) is 30.7 Å². The number of imidazole rings is 1. The summed E-state index contributed by atoms with van der Waals surface area (Å²) in [6.07, 6.45) is 7.23. The van der Waals surface area contributed by atoms with E-state index in [1.165, 1.54) is 22.6 Å². The molecule has 1 N–H and O–H groups in total. The summed E-state index contributed by atoms with van der Waals surface area (Å²) in [6.45, 7) is 3.26. The number of nitrogens with zero attached hydrogens (tertiary/aromatic N) is 2. The van der Waals surface area contributed by atoms with Gasteiger partial charge in [-0.05, 0) is 36.6 Å². The number of hydrogen-bond donors (Lipinski definition) is 1. The predicted octanol–water partition coefficient (Wildman–Crippen LogP) is 2.79. The molecule has 1 aromatic heterocycles. The van der Waals surface area contributed by atoms with E-state index in [1.807, 2.05) is 12.5 Å². The van der Waals surface area contributed by atoms with Crippen molar-refractivity contribution in [2.75, 3.05) is 11.9 Å². The van der Waals surface area contributed by atoms with E-state index in [9.17, 15) is 0 Å². The zero-order valence-electron chi connectivity index (χ0n) is 10.1. The fraction of sp³-hybridized carbons (Fsp3) is 0.357. The van der Waals surface area contributed by atoms with Gasteiger partial charge in [-0.1, -0.05) is 13.3 Å². The Morgan fingerprint density at radius 1 is 1.41 bits per heavy atom. The standard InChI is InChI=1S/C14H17N3/c1-2-3-13-9-15-10-17(13)12-4-5-14-11(8-12)6-7-16-14/h4-5,8-10,16H,2-3,6-7H2,1H3. The molecular formula is C14H17N3. The van der Waals surface area contributed by atoms with Crippen LogP contribution in [0.1, 0.15) is 24.6 Å². The van der Waals surface area contributed by atoms with Gasteiger partial charge in [0.25, 0.3) is 0 Å². The van der Waals surface area contributed by atoms with Crippen molar-refractivity contribution in [2.24, 2.45) is 0 Å². The van der Waals surface area contributed by atoms with Crippen LogP contribution < -0.4 is 5.32 Å². The number of nitrogens with one attached hydrogen (secondary N) is 1. The van der Waals surface area contributed by atoms with Crippen molar-refractivity contribution < 1.29 is 0 Å². The lowest BCUT2D eigenvalue weighted by Gasteiger charge is -2.09. The number of fused-ring (bicyclic) bond motifs is 1. The minimum Gasteiger partial charge on any atom is -0.384 e. The highest BCUT2D eigenvalue weighted by atomic mass is 15.0. The van der Waals surface area contributed by atoms with Gasteiger partial charge in [-0.25, -0.2) is 4.98 Å². The summed E-state index contributed by atoms with van der Waals surface area (Å²) in [5.74, 6) is 0. The minimum atomic E-state index is 1.06. The molecule has 0 aliphatic carbocycles. The van der Waals surface area contributed by atoms with E-state index in [4.69, 9.17) is 0 Å². The normalized spacial score (nSPS) is 13.5. The summed E-state index contributed by atoms with van der Waals surface area (Å²) < 4.78 is 2.20. The maximum atomic E-state index is 4.26. The summed E-state index contributed by atoms with van der Waals surface area (Å²) in [5.41, 5.74) is 5.22. The number of anilines is 1. The van der Waals surface area contributed by atoms with Crippen LogP contribution in [0.2, 0.25) is 0 Å². The van der Waals surface area contributed by atoms with Gasteiger partial charge in [-0.3, -0.25) is 0 Å². The number of aromatic nitrogens is 2. The molecule has 1 aliphatic rings. The van der Waals surface area contributed by atoms with Crippen molar-refractivity contribution in [1.29, 1.82) is 0 Å². The van der Waals surface area contributed by atoms with Crippen LogP contribution >= 0.6 is 0 Å². The average Bonchev–Trinajstić information content (AvgIpc) is 2.96. The second-order valence-corrected chi connectivity index (χ2v) is 4.52. The Kier molecular flexibility index (Phi) is 2.59. The van der Waals surface area contributed by atoms with Crippen LogP contribution in [0.4, 0.5) is 5.69 Å². The lowest BCUT2D eigenvalue weighted by molar-refractivity contribution is 0.842. The smallest absolute Gasteiger partial charge is 0.0994 e. The quantitative estimate of drug-likeness (QED) is 0.873. The van der Waals surface area contributed by atoms with Gasteiger partial charge in [0.2, 0.25) is 0 Å². The molecule has 3 heteroatoms. The number of rotatable bonds is 3. The van der Waals surface area contributed by atoms with Crippen molar-refractivity contribution in [3.8, 4) is 5.69 Å². The van der Waals surface area contributed by atoms with Crippen molar-refractivity contribution in [2.45, 2.75) is 26.2 Å². The van der Waals surface area contributed by atoms with E-state index in [1.54, 1.807) is 0 Å². The Morgan fingerprint density at radius 3 is 3.24 bits per heavy atom. The fourth-order valence-corrected chi connectivity index (χ4v) is 2.44. The number of aryl methyl sites for hydroxylation is 1. The first kappa shape index (κ1) is 10.4. The zero-order valence-corrected chi connectivity index (χ0v) is 10.1. The topological polar surface area (TPSA) is 29.9 Å². The molecule has 88 valence electrons. The highest BCUT2D eigenvalue weighted by Crippen LogP contribution is 2.25.